The SMILES string of the molecule is C=CC([Se]c1ccccc1)C(O)c1ccccc1. The first-order valence-corrected chi connectivity index (χ1v) is 7.73. The van der Waals surface area contributed by atoms with Crippen LogP contribution < -0.4 is 4.46 Å². The van der Waals surface area contributed by atoms with Gasteiger partial charge in [-0.1, -0.05) is 0 Å². The van der Waals surface area contributed by atoms with Gasteiger partial charge in [0.1, 0.15) is 0 Å². The molecule has 2 aromatic rings. The Kier molecular flexibility index (Phi) is 4.77. The summed E-state index contributed by atoms with van der Waals surface area (Å²) in [6.45, 7) is 3.86. The summed E-state index contributed by atoms with van der Waals surface area (Å²) >= 11 is 0.193. The van der Waals surface area contributed by atoms with Crippen LogP contribution in [0.4, 0.5) is 0 Å². The quantitative estimate of drug-likeness (QED) is 0.665. The van der Waals surface area contributed by atoms with E-state index in [0.29, 0.717) is 0 Å². The first-order chi connectivity index (χ1) is 8.81. The molecule has 0 spiro atoms. The van der Waals surface area contributed by atoms with E-state index in [2.05, 4.69) is 18.7 Å². The molecule has 2 aromatic carbocycles. The average Bonchev–Trinajstić information content (AvgIpc) is 2.46. The minimum atomic E-state index is -0.469. The van der Waals surface area contributed by atoms with Gasteiger partial charge < -0.3 is 0 Å². The van der Waals surface area contributed by atoms with Crippen LogP contribution in [0.15, 0.2) is 73.3 Å². The Morgan fingerprint density at radius 3 is 2.06 bits per heavy atom. The molecule has 0 amide bonds. The zero-order valence-corrected chi connectivity index (χ0v) is 11.8. The summed E-state index contributed by atoms with van der Waals surface area (Å²) in [5.41, 5.74) is 0.959. The van der Waals surface area contributed by atoms with Crippen molar-refractivity contribution in [2.75, 3.05) is 0 Å². The third-order valence-electron chi connectivity index (χ3n) is 2.70. The normalized spacial score (nSPS) is 13.8. The van der Waals surface area contributed by atoms with E-state index in [0.717, 1.165) is 5.56 Å². The van der Waals surface area contributed by atoms with E-state index in [1.165, 1.54) is 4.46 Å². The Morgan fingerprint density at radius 2 is 1.50 bits per heavy atom. The van der Waals surface area contributed by atoms with Crippen molar-refractivity contribution in [3.8, 4) is 0 Å². The fraction of sp³-hybridized carbons (Fsp3) is 0.125. The number of aliphatic hydroxyl groups is 1. The maximum absolute atomic E-state index is 10.4. The van der Waals surface area contributed by atoms with E-state index in [1.807, 2.05) is 54.6 Å². The topological polar surface area (TPSA) is 20.2 Å². The molecule has 0 saturated carbocycles. The summed E-state index contributed by atoms with van der Waals surface area (Å²) in [5, 5.41) is 10.4. The molecule has 1 N–H and O–H groups in total. The van der Waals surface area contributed by atoms with Gasteiger partial charge in [0.25, 0.3) is 0 Å². The second kappa shape index (κ2) is 6.55. The van der Waals surface area contributed by atoms with E-state index in [4.69, 9.17) is 0 Å². The van der Waals surface area contributed by atoms with Crippen LogP contribution in [0.3, 0.4) is 0 Å². The van der Waals surface area contributed by atoms with Crippen molar-refractivity contribution in [1.29, 1.82) is 0 Å². The molecule has 0 aromatic heterocycles. The van der Waals surface area contributed by atoms with E-state index < -0.39 is 6.10 Å². The van der Waals surface area contributed by atoms with Crippen LogP contribution in [-0.4, -0.2) is 20.1 Å². The summed E-state index contributed by atoms with van der Waals surface area (Å²) < 4.78 is 1.28. The van der Waals surface area contributed by atoms with Gasteiger partial charge in [-0.25, -0.2) is 0 Å². The maximum atomic E-state index is 10.4. The van der Waals surface area contributed by atoms with Crippen molar-refractivity contribution in [2.24, 2.45) is 0 Å². The first kappa shape index (κ1) is 13.1. The molecule has 92 valence electrons. The van der Waals surface area contributed by atoms with Crippen LogP contribution in [0.2, 0.25) is 4.82 Å². The van der Waals surface area contributed by atoms with Crippen LogP contribution in [-0.2, 0) is 0 Å². The molecule has 2 unspecified atom stereocenters. The second-order valence-electron chi connectivity index (χ2n) is 3.99. The Bertz CT molecular complexity index is 481. The van der Waals surface area contributed by atoms with Gasteiger partial charge in [-0.05, 0) is 0 Å². The molecule has 1 nitrogen and oxygen atoms in total. The number of aliphatic hydroxyl groups excluding tert-OH is 1. The molecule has 0 aliphatic carbocycles. The van der Waals surface area contributed by atoms with Crippen LogP contribution in [0.25, 0.3) is 0 Å². The van der Waals surface area contributed by atoms with Gasteiger partial charge in [-0.3, -0.25) is 0 Å². The molecule has 2 rings (SSSR count). The van der Waals surface area contributed by atoms with Gasteiger partial charge >= 0.3 is 114 Å². The van der Waals surface area contributed by atoms with Crippen molar-refractivity contribution < 1.29 is 5.11 Å². The molecule has 0 aliphatic heterocycles. The zero-order chi connectivity index (χ0) is 12.8. The third kappa shape index (κ3) is 3.33. The number of benzene rings is 2. The molecule has 0 heterocycles. The summed E-state index contributed by atoms with van der Waals surface area (Å²) in [4.78, 5) is 0.0994. The fourth-order valence-electron chi connectivity index (χ4n) is 1.74. The van der Waals surface area contributed by atoms with Crippen molar-refractivity contribution >= 4 is 19.4 Å². The van der Waals surface area contributed by atoms with Crippen molar-refractivity contribution in [2.45, 2.75) is 10.9 Å². The van der Waals surface area contributed by atoms with Crippen molar-refractivity contribution in [3.05, 3.63) is 78.9 Å². The summed E-state index contributed by atoms with van der Waals surface area (Å²) in [5.74, 6) is 0. The van der Waals surface area contributed by atoms with E-state index >= 15 is 0 Å². The van der Waals surface area contributed by atoms with Gasteiger partial charge in [0.2, 0.25) is 0 Å². The second-order valence-corrected chi connectivity index (χ2v) is 6.61. The van der Waals surface area contributed by atoms with Crippen molar-refractivity contribution in [1.82, 2.24) is 0 Å². The molecular weight excluding hydrogens is 287 g/mol. The van der Waals surface area contributed by atoms with Crippen LogP contribution in [0.5, 0.6) is 0 Å². The molecule has 0 aliphatic rings. The zero-order valence-electron chi connectivity index (χ0n) is 10.1. The third-order valence-corrected chi connectivity index (χ3v) is 5.36. The van der Waals surface area contributed by atoms with E-state index in [-0.39, 0.29) is 19.8 Å². The molecule has 18 heavy (non-hydrogen) atoms. The Labute approximate surface area is 114 Å². The summed E-state index contributed by atoms with van der Waals surface area (Å²) in [7, 11) is 0. The first-order valence-electron chi connectivity index (χ1n) is 5.88. The van der Waals surface area contributed by atoms with Crippen LogP contribution >= 0.6 is 0 Å². The minimum absolute atomic E-state index is 0.0994. The van der Waals surface area contributed by atoms with E-state index in [1.54, 1.807) is 0 Å². The van der Waals surface area contributed by atoms with Gasteiger partial charge in [-0.15, -0.1) is 0 Å². The van der Waals surface area contributed by atoms with Gasteiger partial charge in [0.15, 0.2) is 0 Å². The standard InChI is InChI=1S/C16H16OSe/c1-2-15(18-14-11-7-4-8-12-14)16(17)13-9-5-3-6-10-13/h2-12,15-17H,1H2. The number of rotatable bonds is 5. The monoisotopic (exact) mass is 304 g/mol. The fourth-order valence-corrected chi connectivity index (χ4v) is 3.86. The van der Waals surface area contributed by atoms with Crippen molar-refractivity contribution in [3.63, 3.8) is 0 Å². The number of hydrogen-bond acceptors (Lipinski definition) is 1. The molecule has 2 atom stereocenters. The van der Waals surface area contributed by atoms with Gasteiger partial charge in [-0.2, -0.15) is 0 Å². The molecule has 0 bridgehead atoms. The Hall–Kier alpha value is -1.34. The Balaban J connectivity index is 2.12. The molecule has 0 fully saturated rings. The molecule has 0 radical (unpaired) electrons. The number of hydrogen-bond donors (Lipinski definition) is 1. The van der Waals surface area contributed by atoms with Crippen LogP contribution in [0.1, 0.15) is 11.7 Å². The van der Waals surface area contributed by atoms with E-state index in [9.17, 15) is 5.11 Å². The molecule has 0 saturated heterocycles. The summed E-state index contributed by atoms with van der Waals surface area (Å²) in [6, 6.07) is 20.1. The predicted molar refractivity (Wildman–Crippen MR) is 77.2 cm³/mol. The van der Waals surface area contributed by atoms with Gasteiger partial charge in [0.05, 0.1) is 0 Å². The average molecular weight is 303 g/mol. The Morgan fingerprint density at radius 1 is 0.944 bits per heavy atom. The van der Waals surface area contributed by atoms with Gasteiger partial charge in [0, 0.05) is 0 Å². The molecule has 2 heteroatoms. The summed E-state index contributed by atoms with van der Waals surface area (Å²) in [6.07, 6.45) is 1.40. The molecular formula is C16H16OSe. The van der Waals surface area contributed by atoms with Crippen LogP contribution in [0, 0.1) is 0 Å². The predicted octanol–water partition coefficient (Wildman–Crippen LogP) is 2.72.